The molecule has 31 heavy (non-hydrogen) atoms. The van der Waals surface area contributed by atoms with Crippen molar-refractivity contribution < 1.29 is 4.79 Å². The Labute approximate surface area is 195 Å². The molecule has 0 unspecified atom stereocenters. The lowest BCUT2D eigenvalue weighted by Gasteiger charge is -2.40. The van der Waals surface area contributed by atoms with Gasteiger partial charge in [0.2, 0.25) is 0 Å². The van der Waals surface area contributed by atoms with Crippen molar-refractivity contribution in [2.75, 3.05) is 39.3 Å². The van der Waals surface area contributed by atoms with Crippen molar-refractivity contribution in [3.8, 4) is 0 Å². The van der Waals surface area contributed by atoms with E-state index in [1.54, 1.807) is 22.2 Å². The third-order valence-corrected chi connectivity index (χ3v) is 9.90. The predicted molar refractivity (Wildman–Crippen MR) is 133 cm³/mol. The number of piperidine rings is 2. The quantitative estimate of drug-likeness (QED) is 0.627. The lowest BCUT2D eigenvalue weighted by atomic mass is 9.95. The van der Waals surface area contributed by atoms with E-state index in [-0.39, 0.29) is 5.91 Å². The summed E-state index contributed by atoms with van der Waals surface area (Å²) in [5, 5.41) is 3.19. The Morgan fingerprint density at radius 1 is 1.00 bits per heavy atom. The molecule has 6 heteroatoms. The number of nitrogens with zero attached hydrogens (tertiary/aromatic N) is 2. The molecule has 0 saturated carbocycles. The van der Waals surface area contributed by atoms with E-state index in [4.69, 9.17) is 0 Å². The first-order valence-corrected chi connectivity index (χ1v) is 14.3. The van der Waals surface area contributed by atoms with Gasteiger partial charge in [-0.05, 0) is 108 Å². The maximum Gasteiger partial charge on any atom is 0.257 e. The molecule has 1 N–H and O–H groups in total. The normalized spacial score (nSPS) is 23.2. The number of hydrogen-bond acceptors (Lipinski definition) is 5. The van der Waals surface area contributed by atoms with E-state index in [0.29, 0.717) is 0 Å². The molecule has 2 fully saturated rings. The van der Waals surface area contributed by atoms with Crippen molar-refractivity contribution in [1.29, 1.82) is 0 Å². The molecule has 1 aliphatic carbocycles. The number of nitrogens with one attached hydrogen (secondary N) is 1. The fourth-order valence-corrected chi connectivity index (χ4v) is 8.31. The van der Waals surface area contributed by atoms with Gasteiger partial charge in [0.25, 0.3) is 5.91 Å². The highest BCUT2D eigenvalue weighted by atomic mass is 32.2. The van der Waals surface area contributed by atoms with E-state index in [1.807, 2.05) is 11.3 Å². The van der Waals surface area contributed by atoms with Crippen molar-refractivity contribution >= 4 is 35.1 Å². The van der Waals surface area contributed by atoms with Crippen LogP contribution in [0.2, 0.25) is 0 Å². The molecule has 4 nitrogen and oxygen atoms in total. The summed E-state index contributed by atoms with van der Waals surface area (Å²) in [6.45, 7) is 6.99. The van der Waals surface area contributed by atoms with Crippen LogP contribution < -0.4 is 5.32 Å². The first-order chi connectivity index (χ1) is 15.3. The monoisotopic (exact) mass is 459 g/mol. The van der Waals surface area contributed by atoms with Gasteiger partial charge in [-0.1, -0.05) is 6.42 Å². The Hall–Kier alpha value is -0.820. The highest BCUT2D eigenvalue weighted by Crippen LogP contribution is 2.42. The van der Waals surface area contributed by atoms with Gasteiger partial charge in [-0.25, -0.2) is 0 Å². The smallest absolute Gasteiger partial charge is 0.257 e. The molecule has 1 aromatic rings. The standard InChI is InChI=1S/C25H37N3OS2/c29-25(24-17-23-21(18-30-24)20-7-2-3-8-22(20)31-23)26-11-6-12-27-15-9-19(10-16-27)28-13-4-1-5-14-28/h17,19H,1-16,18H2,(H,26,29). The topological polar surface area (TPSA) is 35.6 Å². The van der Waals surface area contributed by atoms with Crippen molar-refractivity contribution in [2.24, 2.45) is 0 Å². The van der Waals surface area contributed by atoms with Crippen LogP contribution in [0.3, 0.4) is 0 Å². The van der Waals surface area contributed by atoms with Crippen LogP contribution in [0.4, 0.5) is 0 Å². The first kappa shape index (κ1) is 22.0. The molecular formula is C25H37N3OS2. The summed E-state index contributed by atoms with van der Waals surface area (Å²) in [6, 6.07) is 0.819. The number of carbonyl (C=O) groups excluding carboxylic acids is 1. The van der Waals surface area contributed by atoms with Crippen LogP contribution in [0.15, 0.2) is 4.91 Å². The molecule has 0 radical (unpaired) electrons. The highest BCUT2D eigenvalue weighted by molar-refractivity contribution is 8.03. The molecule has 0 bridgehead atoms. The van der Waals surface area contributed by atoms with Crippen molar-refractivity contribution in [2.45, 2.75) is 76.0 Å². The molecule has 0 atom stereocenters. The number of hydrogen-bond donors (Lipinski definition) is 1. The van der Waals surface area contributed by atoms with Gasteiger partial charge in [-0.15, -0.1) is 23.1 Å². The number of likely N-dealkylation sites (tertiary alicyclic amines) is 2. The molecule has 1 aromatic heterocycles. The molecule has 1 amide bonds. The number of amides is 1. The molecule has 4 aliphatic rings. The second-order valence-corrected chi connectivity index (χ2v) is 11.8. The van der Waals surface area contributed by atoms with Gasteiger partial charge in [0.05, 0.1) is 4.91 Å². The second kappa shape index (κ2) is 10.4. The maximum absolute atomic E-state index is 12.7. The van der Waals surface area contributed by atoms with E-state index < -0.39 is 0 Å². The zero-order valence-corrected chi connectivity index (χ0v) is 20.4. The van der Waals surface area contributed by atoms with Crippen LogP contribution in [0.5, 0.6) is 0 Å². The lowest BCUT2D eigenvalue weighted by Crippen LogP contribution is -2.47. The maximum atomic E-state index is 12.7. The molecule has 2 saturated heterocycles. The molecule has 5 rings (SSSR count). The van der Waals surface area contributed by atoms with Crippen LogP contribution in [-0.2, 0) is 23.4 Å². The van der Waals surface area contributed by atoms with Gasteiger partial charge >= 0.3 is 0 Å². The van der Waals surface area contributed by atoms with Crippen molar-refractivity contribution in [3.63, 3.8) is 0 Å². The van der Waals surface area contributed by atoms with Gasteiger partial charge in [0, 0.05) is 28.1 Å². The Morgan fingerprint density at radius 3 is 2.65 bits per heavy atom. The summed E-state index contributed by atoms with van der Waals surface area (Å²) < 4.78 is 0. The first-order valence-electron chi connectivity index (χ1n) is 12.5. The van der Waals surface area contributed by atoms with E-state index in [1.165, 1.54) is 94.4 Å². The minimum absolute atomic E-state index is 0.130. The summed E-state index contributed by atoms with van der Waals surface area (Å²) in [5.74, 6) is 1.11. The number of rotatable bonds is 6. The summed E-state index contributed by atoms with van der Waals surface area (Å²) in [6.07, 6.45) is 15.2. The molecule has 0 aromatic carbocycles. The summed E-state index contributed by atoms with van der Waals surface area (Å²) in [4.78, 5) is 21.9. The van der Waals surface area contributed by atoms with Crippen LogP contribution in [0.25, 0.3) is 6.08 Å². The van der Waals surface area contributed by atoms with E-state index in [2.05, 4.69) is 21.2 Å². The predicted octanol–water partition coefficient (Wildman–Crippen LogP) is 4.67. The van der Waals surface area contributed by atoms with Gasteiger partial charge in [0.1, 0.15) is 0 Å². The number of thiophene rings is 1. The molecule has 3 aliphatic heterocycles. The molecular weight excluding hydrogens is 422 g/mol. The van der Waals surface area contributed by atoms with Gasteiger partial charge in [0.15, 0.2) is 0 Å². The molecule has 4 heterocycles. The fourth-order valence-electron chi connectivity index (χ4n) is 5.75. The third-order valence-electron chi connectivity index (χ3n) is 7.57. The van der Waals surface area contributed by atoms with Gasteiger partial charge < -0.3 is 15.1 Å². The van der Waals surface area contributed by atoms with Crippen LogP contribution >= 0.6 is 23.1 Å². The largest absolute Gasteiger partial charge is 0.352 e. The SMILES string of the molecule is O=C(NCCCN1CCC(N2CCCCC2)CC1)C1=Cc2sc3c(c2CS1)CCCC3. The average molecular weight is 460 g/mol. The van der Waals surface area contributed by atoms with Crippen molar-refractivity contribution in [1.82, 2.24) is 15.1 Å². The van der Waals surface area contributed by atoms with E-state index >= 15 is 0 Å². The Bertz CT molecular complexity index is 804. The van der Waals surface area contributed by atoms with Crippen molar-refractivity contribution in [3.05, 3.63) is 25.8 Å². The summed E-state index contributed by atoms with van der Waals surface area (Å²) >= 11 is 3.67. The van der Waals surface area contributed by atoms with Crippen LogP contribution in [0, 0.1) is 0 Å². The number of carbonyl (C=O) groups is 1. The summed E-state index contributed by atoms with van der Waals surface area (Å²) in [7, 11) is 0. The minimum Gasteiger partial charge on any atom is -0.352 e. The summed E-state index contributed by atoms with van der Waals surface area (Å²) in [5.41, 5.74) is 3.13. The zero-order valence-electron chi connectivity index (χ0n) is 18.8. The van der Waals surface area contributed by atoms with Crippen LogP contribution in [0.1, 0.15) is 72.2 Å². The zero-order chi connectivity index (χ0) is 21.0. The lowest BCUT2D eigenvalue weighted by molar-refractivity contribution is -0.116. The fraction of sp³-hybridized carbons (Fsp3) is 0.720. The number of aryl methyl sites for hydroxylation is 1. The Morgan fingerprint density at radius 2 is 1.81 bits per heavy atom. The second-order valence-electron chi connectivity index (χ2n) is 9.63. The van der Waals surface area contributed by atoms with Crippen LogP contribution in [-0.4, -0.2) is 61.0 Å². The minimum atomic E-state index is 0.130. The number of thioether (sulfide) groups is 1. The molecule has 0 spiro atoms. The Balaban J connectivity index is 1.03. The van der Waals surface area contributed by atoms with Gasteiger partial charge in [-0.2, -0.15) is 0 Å². The highest BCUT2D eigenvalue weighted by Gasteiger charge is 2.26. The number of fused-ring (bicyclic) bond motifs is 3. The molecule has 170 valence electrons. The van der Waals surface area contributed by atoms with E-state index in [9.17, 15) is 4.79 Å². The van der Waals surface area contributed by atoms with E-state index in [0.717, 1.165) is 36.2 Å². The van der Waals surface area contributed by atoms with Gasteiger partial charge in [-0.3, -0.25) is 4.79 Å². The third kappa shape index (κ3) is 5.23. The Kier molecular flexibility index (Phi) is 7.39. The average Bonchev–Trinajstić information content (AvgIpc) is 3.20.